The first-order valence-corrected chi connectivity index (χ1v) is 4.54. The molecule has 4 nitrogen and oxygen atoms in total. The molecule has 0 saturated carbocycles. The van der Waals surface area contributed by atoms with Crippen LogP contribution in [0.15, 0.2) is 10.6 Å². The predicted molar refractivity (Wildman–Crippen MR) is 49.8 cm³/mol. The third-order valence-electron chi connectivity index (χ3n) is 2.10. The number of ether oxygens (including phenoxy) is 1. The second-order valence-electron chi connectivity index (χ2n) is 3.29. The number of allylic oxidation sites excluding steroid dienone is 1. The average molecular weight is 193 g/mol. The molecule has 14 heavy (non-hydrogen) atoms. The minimum Gasteiger partial charge on any atom is -0.458 e. The molecule has 0 N–H and O–H groups in total. The van der Waals surface area contributed by atoms with Crippen LogP contribution in [0.5, 0.6) is 0 Å². The lowest BCUT2D eigenvalue weighted by Gasteiger charge is -2.16. The zero-order valence-corrected chi connectivity index (χ0v) is 8.11. The molecule has 2 heterocycles. The number of hydrogen-bond acceptors (Lipinski definition) is 4. The second-order valence-corrected chi connectivity index (χ2v) is 3.29. The summed E-state index contributed by atoms with van der Waals surface area (Å²) < 4.78 is 10.2. The fourth-order valence-electron chi connectivity index (χ4n) is 1.51. The highest BCUT2D eigenvalue weighted by molar-refractivity contribution is 5.94. The SMILES string of the molecule is C/C=C\c1noc2c1C(=O)O[C@H](C)C2. The number of aromatic nitrogens is 1. The molecule has 74 valence electrons. The van der Waals surface area contributed by atoms with Crippen molar-refractivity contribution < 1.29 is 14.1 Å². The smallest absolute Gasteiger partial charge is 0.344 e. The van der Waals surface area contributed by atoms with E-state index in [-0.39, 0.29) is 12.1 Å². The van der Waals surface area contributed by atoms with Gasteiger partial charge < -0.3 is 9.26 Å². The van der Waals surface area contributed by atoms with E-state index in [0.717, 1.165) is 0 Å². The van der Waals surface area contributed by atoms with Gasteiger partial charge in [-0.1, -0.05) is 11.2 Å². The third kappa shape index (κ3) is 1.32. The van der Waals surface area contributed by atoms with Gasteiger partial charge in [0.15, 0.2) is 5.76 Å². The zero-order chi connectivity index (χ0) is 10.1. The maximum Gasteiger partial charge on any atom is 0.344 e. The van der Waals surface area contributed by atoms with Crippen LogP contribution in [-0.2, 0) is 11.2 Å². The number of hydrogen-bond donors (Lipinski definition) is 0. The van der Waals surface area contributed by atoms with E-state index >= 15 is 0 Å². The Morgan fingerprint density at radius 2 is 2.36 bits per heavy atom. The van der Waals surface area contributed by atoms with Crippen molar-refractivity contribution >= 4 is 12.0 Å². The Morgan fingerprint density at radius 3 is 3.07 bits per heavy atom. The molecule has 0 bridgehead atoms. The molecule has 1 aromatic heterocycles. The van der Waals surface area contributed by atoms with Crippen molar-refractivity contribution in [2.45, 2.75) is 26.4 Å². The largest absolute Gasteiger partial charge is 0.458 e. The lowest BCUT2D eigenvalue weighted by atomic mass is 10.1. The number of cyclic esters (lactones) is 1. The fourth-order valence-corrected chi connectivity index (χ4v) is 1.51. The van der Waals surface area contributed by atoms with E-state index < -0.39 is 0 Å². The number of rotatable bonds is 1. The molecule has 0 amide bonds. The Morgan fingerprint density at radius 1 is 1.57 bits per heavy atom. The van der Waals surface area contributed by atoms with Crippen molar-refractivity contribution in [3.63, 3.8) is 0 Å². The van der Waals surface area contributed by atoms with E-state index in [9.17, 15) is 4.79 Å². The Balaban J connectivity index is 2.46. The van der Waals surface area contributed by atoms with Gasteiger partial charge in [-0.3, -0.25) is 0 Å². The minimum absolute atomic E-state index is 0.124. The van der Waals surface area contributed by atoms with E-state index in [1.807, 2.05) is 19.9 Å². The molecule has 1 aliphatic heterocycles. The summed E-state index contributed by atoms with van der Waals surface area (Å²) in [5, 5.41) is 3.81. The van der Waals surface area contributed by atoms with Gasteiger partial charge in [-0.05, 0) is 19.9 Å². The van der Waals surface area contributed by atoms with Crippen LogP contribution < -0.4 is 0 Å². The molecule has 0 fully saturated rings. The van der Waals surface area contributed by atoms with Gasteiger partial charge in [-0.15, -0.1) is 0 Å². The van der Waals surface area contributed by atoms with Crippen molar-refractivity contribution in [1.82, 2.24) is 5.16 Å². The summed E-state index contributed by atoms with van der Waals surface area (Å²) in [5.41, 5.74) is 1.03. The standard InChI is InChI=1S/C10H11NO3/c1-3-4-7-9-8(14-11-7)5-6(2)13-10(9)12/h3-4,6H,5H2,1-2H3/b4-3-/t6-/m1/s1. The fraction of sp³-hybridized carbons (Fsp3) is 0.400. The average Bonchev–Trinajstić information content (AvgIpc) is 2.49. The molecule has 1 atom stereocenters. The molecule has 2 rings (SSSR count). The number of carbonyl (C=O) groups is 1. The van der Waals surface area contributed by atoms with Crippen molar-refractivity contribution in [3.05, 3.63) is 23.1 Å². The summed E-state index contributed by atoms with van der Waals surface area (Å²) in [7, 11) is 0. The van der Waals surface area contributed by atoms with Crippen molar-refractivity contribution in [1.29, 1.82) is 0 Å². The molecule has 0 spiro atoms. The summed E-state index contributed by atoms with van der Waals surface area (Å²) in [6.07, 6.45) is 4.02. The monoisotopic (exact) mass is 193 g/mol. The highest BCUT2D eigenvalue weighted by atomic mass is 16.5. The molecular formula is C10H11NO3. The molecule has 0 unspecified atom stereocenters. The van der Waals surface area contributed by atoms with Crippen LogP contribution in [0.2, 0.25) is 0 Å². The van der Waals surface area contributed by atoms with E-state index in [1.54, 1.807) is 6.08 Å². The predicted octanol–water partition coefficient (Wildman–Crippen LogP) is 1.81. The first-order valence-electron chi connectivity index (χ1n) is 4.54. The summed E-state index contributed by atoms with van der Waals surface area (Å²) in [6, 6.07) is 0. The third-order valence-corrected chi connectivity index (χ3v) is 2.10. The van der Waals surface area contributed by atoms with Gasteiger partial charge in [0.05, 0.1) is 0 Å². The number of fused-ring (bicyclic) bond motifs is 1. The van der Waals surface area contributed by atoms with E-state index in [4.69, 9.17) is 9.26 Å². The van der Waals surface area contributed by atoms with Crippen LogP contribution >= 0.6 is 0 Å². The van der Waals surface area contributed by atoms with Crippen LogP contribution in [0.3, 0.4) is 0 Å². The second kappa shape index (κ2) is 3.29. The maximum absolute atomic E-state index is 11.5. The van der Waals surface area contributed by atoms with Gasteiger partial charge in [-0.25, -0.2) is 4.79 Å². The van der Waals surface area contributed by atoms with Gasteiger partial charge in [-0.2, -0.15) is 0 Å². The first kappa shape index (κ1) is 8.99. The summed E-state index contributed by atoms with van der Waals surface area (Å²) >= 11 is 0. The Bertz CT molecular complexity index is 392. The van der Waals surface area contributed by atoms with Crippen LogP contribution in [-0.4, -0.2) is 17.2 Å². The van der Waals surface area contributed by atoms with Crippen LogP contribution in [0.25, 0.3) is 6.08 Å². The van der Waals surface area contributed by atoms with Gasteiger partial charge in [0, 0.05) is 6.42 Å². The topological polar surface area (TPSA) is 52.3 Å². The van der Waals surface area contributed by atoms with E-state index in [2.05, 4.69) is 5.16 Å². The Labute approximate surface area is 81.5 Å². The molecule has 1 aromatic rings. The number of esters is 1. The summed E-state index contributed by atoms with van der Waals surface area (Å²) in [6.45, 7) is 3.69. The van der Waals surface area contributed by atoms with Crippen molar-refractivity contribution in [2.24, 2.45) is 0 Å². The zero-order valence-electron chi connectivity index (χ0n) is 8.11. The molecular weight excluding hydrogens is 182 g/mol. The molecule has 0 aliphatic carbocycles. The van der Waals surface area contributed by atoms with E-state index in [0.29, 0.717) is 23.4 Å². The quantitative estimate of drug-likeness (QED) is 0.638. The highest BCUT2D eigenvalue weighted by Crippen LogP contribution is 2.24. The van der Waals surface area contributed by atoms with Crippen molar-refractivity contribution in [3.8, 4) is 0 Å². The Hall–Kier alpha value is -1.58. The number of carbonyl (C=O) groups excluding carboxylic acids is 1. The lowest BCUT2D eigenvalue weighted by Crippen LogP contribution is -2.24. The van der Waals surface area contributed by atoms with Crippen LogP contribution in [0.4, 0.5) is 0 Å². The molecule has 0 radical (unpaired) electrons. The first-order chi connectivity index (χ1) is 6.72. The summed E-state index contributed by atoms with van der Waals surface area (Å²) in [4.78, 5) is 11.5. The number of nitrogens with zero attached hydrogens (tertiary/aromatic N) is 1. The summed E-state index contributed by atoms with van der Waals surface area (Å²) in [5.74, 6) is 0.287. The Kier molecular flexibility index (Phi) is 2.11. The molecule has 0 aromatic carbocycles. The minimum atomic E-state index is -0.340. The van der Waals surface area contributed by atoms with Gasteiger partial charge in [0.2, 0.25) is 0 Å². The lowest BCUT2D eigenvalue weighted by molar-refractivity contribution is 0.0280. The van der Waals surface area contributed by atoms with Crippen molar-refractivity contribution in [2.75, 3.05) is 0 Å². The maximum atomic E-state index is 11.5. The van der Waals surface area contributed by atoms with Crippen LogP contribution in [0, 0.1) is 0 Å². The molecule has 4 heteroatoms. The van der Waals surface area contributed by atoms with Gasteiger partial charge in [0.1, 0.15) is 17.4 Å². The normalized spacial score (nSPS) is 21.0. The highest BCUT2D eigenvalue weighted by Gasteiger charge is 2.30. The van der Waals surface area contributed by atoms with Gasteiger partial charge >= 0.3 is 5.97 Å². The van der Waals surface area contributed by atoms with Gasteiger partial charge in [0.25, 0.3) is 0 Å². The molecule has 1 aliphatic rings. The van der Waals surface area contributed by atoms with Crippen LogP contribution in [0.1, 0.15) is 35.7 Å². The molecule has 0 saturated heterocycles. The van der Waals surface area contributed by atoms with E-state index in [1.165, 1.54) is 0 Å².